The van der Waals surface area contributed by atoms with E-state index in [1.165, 1.54) is 0 Å². The second-order valence-corrected chi connectivity index (χ2v) is 4.63. The van der Waals surface area contributed by atoms with Crippen molar-refractivity contribution in [1.29, 1.82) is 0 Å². The molecule has 1 amide bonds. The summed E-state index contributed by atoms with van der Waals surface area (Å²) >= 11 is 0. The number of carbonyl (C=O) groups excluding carboxylic acids is 1. The summed E-state index contributed by atoms with van der Waals surface area (Å²) in [6, 6.07) is 7.73. The number of rotatable bonds is 9. The molecule has 0 bridgehead atoms. The lowest BCUT2D eigenvalue weighted by atomic mass is 10.1. The number of hydrogen-bond donors (Lipinski definition) is 2. The van der Waals surface area contributed by atoms with Gasteiger partial charge in [-0.2, -0.15) is 0 Å². The summed E-state index contributed by atoms with van der Waals surface area (Å²) < 4.78 is 5.07. The van der Waals surface area contributed by atoms with E-state index in [9.17, 15) is 4.79 Å². The largest absolute Gasteiger partial charge is 0.380 e. The number of amides is 1. The molecule has 0 radical (unpaired) electrons. The fourth-order valence-corrected chi connectivity index (χ4v) is 1.91. The van der Waals surface area contributed by atoms with Crippen LogP contribution in [0.3, 0.4) is 0 Å². The van der Waals surface area contributed by atoms with Gasteiger partial charge < -0.3 is 15.8 Å². The summed E-state index contributed by atoms with van der Waals surface area (Å²) in [7, 11) is 1.66. The molecule has 1 aromatic rings. The maximum Gasteiger partial charge on any atom is 0.224 e. The molecule has 4 nitrogen and oxygen atoms in total. The fraction of sp³-hybridized carbons (Fsp3) is 0.533. The highest BCUT2D eigenvalue weighted by atomic mass is 16.5. The highest BCUT2D eigenvalue weighted by molar-refractivity contribution is 5.90. The van der Waals surface area contributed by atoms with Gasteiger partial charge in [-0.05, 0) is 37.1 Å². The first-order valence-corrected chi connectivity index (χ1v) is 6.84. The van der Waals surface area contributed by atoms with Crippen LogP contribution in [0.5, 0.6) is 0 Å². The average molecular weight is 264 g/mol. The molecule has 0 aliphatic heterocycles. The Bertz CT molecular complexity index is 380. The first-order valence-electron chi connectivity index (χ1n) is 6.84. The molecule has 4 heteroatoms. The van der Waals surface area contributed by atoms with Gasteiger partial charge in [-0.3, -0.25) is 4.79 Å². The lowest BCUT2D eigenvalue weighted by Gasteiger charge is -2.07. The third-order valence-electron chi connectivity index (χ3n) is 2.88. The van der Waals surface area contributed by atoms with Crippen molar-refractivity contribution in [3.8, 4) is 0 Å². The molecule has 19 heavy (non-hydrogen) atoms. The molecule has 0 aliphatic carbocycles. The minimum absolute atomic E-state index is 0.0716. The minimum Gasteiger partial charge on any atom is -0.380 e. The summed E-state index contributed by atoms with van der Waals surface area (Å²) in [5.74, 6) is 0.0716. The van der Waals surface area contributed by atoms with Crippen LogP contribution < -0.4 is 11.1 Å². The molecule has 0 spiro atoms. The maximum absolute atomic E-state index is 11.7. The predicted molar refractivity (Wildman–Crippen MR) is 77.9 cm³/mol. The monoisotopic (exact) mass is 264 g/mol. The van der Waals surface area contributed by atoms with Gasteiger partial charge >= 0.3 is 0 Å². The molecule has 1 rings (SSSR count). The summed E-state index contributed by atoms with van der Waals surface area (Å²) in [5, 5.41) is 2.91. The molecular weight excluding hydrogens is 240 g/mol. The van der Waals surface area contributed by atoms with Crippen molar-refractivity contribution in [3.63, 3.8) is 0 Å². The SMILES string of the molecule is COCc1cccc(NC(=O)CCCCCCN)c1. The Hall–Kier alpha value is -1.39. The van der Waals surface area contributed by atoms with Crippen molar-refractivity contribution in [3.05, 3.63) is 29.8 Å². The predicted octanol–water partition coefficient (Wildman–Crippen LogP) is 2.68. The van der Waals surface area contributed by atoms with E-state index in [0.717, 1.165) is 43.5 Å². The van der Waals surface area contributed by atoms with Crippen LogP contribution in [0.1, 0.15) is 37.7 Å². The molecule has 0 saturated heterocycles. The number of carbonyl (C=O) groups is 1. The van der Waals surface area contributed by atoms with Gasteiger partial charge in [-0.25, -0.2) is 0 Å². The molecule has 0 saturated carbocycles. The number of hydrogen-bond acceptors (Lipinski definition) is 3. The number of anilines is 1. The van der Waals surface area contributed by atoms with Gasteiger partial charge in [0.05, 0.1) is 6.61 Å². The molecule has 0 aliphatic rings. The quantitative estimate of drug-likeness (QED) is 0.674. The van der Waals surface area contributed by atoms with Crippen LogP contribution in [0.25, 0.3) is 0 Å². The number of methoxy groups -OCH3 is 1. The van der Waals surface area contributed by atoms with Crippen molar-refractivity contribution in [2.24, 2.45) is 5.73 Å². The van der Waals surface area contributed by atoms with Crippen molar-refractivity contribution >= 4 is 11.6 Å². The number of ether oxygens (including phenoxy) is 1. The van der Waals surface area contributed by atoms with Crippen molar-refractivity contribution in [2.75, 3.05) is 19.0 Å². The topological polar surface area (TPSA) is 64.3 Å². The molecule has 0 unspecified atom stereocenters. The molecule has 3 N–H and O–H groups in total. The van der Waals surface area contributed by atoms with Crippen LogP contribution in [0, 0.1) is 0 Å². The van der Waals surface area contributed by atoms with Crippen LogP contribution in [-0.2, 0) is 16.1 Å². The van der Waals surface area contributed by atoms with Crippen LogP contribution in [0.15, 0.2) is 24.3 Å². The highest BCUT2D eigenvalue weighted by Gasteiger charge is 2.03. The molecule has 0 heterocycles. The Balaban J connectivity index is 2.29. The van der Waals surface area contributed by atoms with Crippen LogP contribution in [0.4, 0.5) is 5.69 Å². The molecular formula is C15H24N2O2. The first-order chi connectivity index (χ1) is 9.26. The zero-order chi connectivity index (χ0) is 13.9. The van der Waals surface area contributed by atoms with Crippen LogP contribution >= 0.6 is 0 Å². The zero-order valence-electron chi connectivity index (χ0n) is 11.7. The summed E-state index contributed by atoms with van der Waals surface area (Å²) in [5.41, 5.74) is 7.32. The van der Waals surface area contributed by atoms with E-state index in [2.05, 4.69) is 5.32 Å². The van der Waals surface area contributed by atoms with E-state index in [-0.39, 0.29) is 5.91 Å². The Morgan fingerprint density at radius 3 is 2.79 bits per heavy atom. The van der Waals surface area contributed by atoms with Gasteiger partial charge in [0.25, 0.3) is 0 Å². The van der Waals surface area contributed by atoms with Crippen molar-refractivity contribution in [1.82, 2.24) is 0 Å². The minimum atomic E-state index is 0.0716. The lowest BCUT2D eigenvalue weighted by Crippen LogP contribution is -2.11. The molecule has 0 aromatic heterocycles. The highest BCUT2D eigenvalue weighted by Crippen LogP contribution is 2.12. The standard InChI is InChI=1S/C15H24N2O2/c1-19-12-13-7-6-8-14(11-13)17-15(18)9-4-2-3-5-10-16/h6-8,11H,2-5,9-10,12,16H2,1H3,(H,17,18). The number of benzene rings is 1. The Kier molecular flexibility index (Phi) is 7.86. The first kappa shape index (κ1) is 15.7. The smallest absolute Gasteiger partial charge is 0.224 e. The number of nitrogens with one attached hydrogen (secondary N) is 1. The van der Waals surface area contributed by atoms with E-state index in [1.54, 1.807) is 7.11 Å². The van der Waals surface area contributed by atoms with Gasteiger partial charge in [0.15, 0.2) is 0 Å². The fourth-order valence-electron chi connectivity index (χ4n) is 1.91. The van der Waals surface area contributed by atoms with E-state index >= 15 is 0 Å². The Morgan fingerprint density at radius 1 is 1.26 bits per heavy atom. The Labute approximate surface area is 115 Å². The zero-order valence-corrected chi connectivity index (χ0v) is 11.7. The molecule has 0 atom stereocenters. The normalized spacial score (nSPS) is 10.4. The molecule has 106 valence electrons. The van der Waals surface area contributed by atoms with Gasteiger partial charge in [0.1, 0.15) is 0 Å². The van der Waals surface area contributed by atoms with Gasteiger partial charge in [-0.1, -0.05) is 25.0 Å². The van der Waals surface area contributed by atoms with E-state index in [4.69, 9.17) is 10.5 Å². The van der Waals surface area contributed by atoms with E-state index < -0.39 is 0 Å². The summed E-state index contributed by atoms with van der Waals surface area (Å²) in [6.07, 6.45) is 4.70. The third-order valence-corrected chi connectivity index (χ3v) is 2.88. The van der Waals surface area contributed by atoms with E-state index in [0.29, 0.717) is 13.0 Å². The number of unbranched alkanes of at least 4 members (excludes halogenated alkanes) is 3. The second-order valence-electron chi connectivity index (χ2n) is 4.63. The molecule has 1 aromatic carbocycles. The second kappa shape index (κ2) is 9.53. The average Bonchev–Trinajstić information content (AvgIpc) is 2.39. The maximum atomic E-state index is 11.7. The van der Waals surface area contributed by atoms with Crippen LogP contribution in [0.2, 0.25) is 0 Å². The number of nitrogens with two attached hydrogens (primary N) is 1. The summed E-state index contributed by atoms with van der Waals surface area (Å²) in [6.45, 7) is 1.29. The van der Waals surface area contributed by atoms with Crippen molar-refractivity contribution < 1.29 is 9.53 Å². The van der Waals surface area contributed by atoms with Crippen LogP contribution in [-0.4, -0.2) is 19.6 Å². The lowest BCUT2D eigenvalue weighted by molar-refractivity contribution is -0.116. The van der Waals surface area contributed by atoms with Crippen molar-refractivity contribution in [2.45, 2.75) is 38.7 Å². The third kappa shape index (κ3) is 6.94. The Morgan fingerprint density at radius 2 is 2.05 bits per heavy atom. The van der Waals surface area contributed by atoms with Gasteiger partial charge in [0.2, 0.25) is 5.91 Å². The van der Waals surface area contributed by atoms with Gasteiger partial charge in [0, 0.05) is 19.2 Å². The van der Waals surface area contributed by atoms with E-state index in [1.807, 2.05) is 24.3 Å². The molecule has 0 fully saturated rings. The van der Waals surface area contributed by atoms with Gasteiger partial charge in [-0.15, -0.1) is 0 Å². The summed E-state index contributed by atoms with van der Waals surface area (Å²) in [4.78, 5) is 11.7.